The molecule has 8 nitrogen and oxygen atoms in total. The molecule has 0 aliphatic rings. The zero-order valence-corrected chi connectivity index (χ0v) is 19.5. The number of hydrogen-bond donors (Lipinski definition) is 3. The van der Waals surface area contributed by atoms with Crippen molar-refractivity contribution in [2.45, 2.75) is 18.1 Å². The predicted octanol–water partition coefficient (Wildman–Crippen LogP) is 3.38. The molecule has 35 heavy (non-hydrogen) atoms. The molecule has 4 rings (SSSR count). The van der Waals surface area contributed by atoms with Crippen molar-refractivity contribution in [2.75, 3.05) is 16.9 Å². The first-order valence-corrected chi connectivity index (χ1v) is 11.8. The Morgan fingerprint density at radius 3 is 2.46 bits per heavy atom. The van der Waals surface area contributed by atoms with Gasteiger partial charge >= 0.3 is 0 Å². The van der Waals surface area contributed by atoms with Gasteiger partial charge < -0.3 is 16.5 Å². The van der Waals surface area contributed by atoms with Crippen molar-refractivity contribution in [1.29, 1.82) is 0 Å². The molecule has 0 atom stereocenters. The minimum Gasteiger partial charge on any atom is -0.348 e. The van der Waals surface area contributed by atoms with Gasteiger partial charge in [-0.1, -0.05) is 72.4 Å². The van der Waals surface area contributed by atoms with Gasteiger partial charge in [-0.25, -0.2) is 9.07 Å². The maximum Gasteiger partial charge on any atom is 0.253 e. The number of para-hydroxylation sites is 1. The Balaban J connectivity index is 1.34. The number of anilines is 1. The van der Waals surface area contributed by atoms with Crippen LogP contribution in [-0.2, 0) is 17.8 Å². The van der Waals surface area contributed by atoms with E-state index in [1.54, 1.807) is 42.5 Å². The van der Waals surface area contributed by atoms with E-state index in [2.05, 4.69) is 20.8 Å². The number of nitrogens with one attached hydrogen (secondary N) is 2. The molecule has 0 radical (unpaired) electrons. The number of carbonyl (C=O) groups excluding carboxylic acids is 2. The summed E-state index contributed by atoms with van der Waals surface area (Å²) in [5.74, 6) is 5.44. The number of benzene rings is 3. The number of carbonyl (C=O) groups is 2. The average molecular weight is 491 g/mol. The number of halogens is 1. The number of rotatable bonds is 9. The first-order valence-electron chi connectivity index (χ1n) is 10.8. The van der Waals surface area contributed by atoms with Crippen molar-refractivity contribution in [3.63, 3.8) is 0 Å². The van der Waals surface area contributed by atoms with Gasteiger partial charge in [0.1, 0.15) is 5.82 Å². The number of nitrogen functional groups attached to an aromatic ring is 1. The minimum atomic E-state index is -0.351. The Bertz CT molecular complexity index is 1330. The van der Waals surface area contributed by atoms with Gasteiger partial charge in [0.05, 0.1) is 17.0 Å². The largest absolute Gasteiger partial charge is 0.348 e. The van der Waals surface area contributed by atoms with Gasteiger partial charge in [0.15, 0.2) is 5.82 Å². The van der Waals surface area contributed by atoms with Crippen LogP contribution in [0.25, 0.3) is 0 Å². The molecule has 10 heteroatoms. The summed E-state index contributed by atoms with van der Waals surface area (Å²) in [4.78, 5) is 25.3. The van der Waals surface area contributed by atoms with Crippen molar-refractivity contribution in [3.05, 3.63) is 107 Å². The smallest absolute Gasteiger partial charge is 0.253 e. The maximum atomic E-state index is 13.9. The van der Waals surface area contributed by atoms with Gasteiger partial charge in [-0.05, 0) is 29.3 Å². The Morgan fingerprint density at radius 1 is 0.943 bits per heavy atom. The number of thioether (sulfide) groups is 1. The van der Waals surface area contributed by atoms with Gasteiger partial charge in [-0.3, -0.25) is 9.59 Å². The summed E-state index contributed by atoms with van der Waals surface area (Å²) in [6.07, 6.45) is 0.175. The molecule has 0 bridgehead atoms. The summed E-state index contributed by atoms with van der Waals surface area (Å²) < 4.78 is 15.2. The van der Waals surface area contributed by atoms with Crippen LogP contribution in [0.15, 0.2) is 84.0 Å². The second-order valence-corrected chi connectivity index (χ2v) is 8.53. The van der Waals surface area contributed by atoms with Crippen LogP contribution in [-0.4, -0.2) is 32.4 Å². The highest BCUT2D eigenvalue weighted by atomic mass is 32.2. The third kappa shape index (κ3) is 6.24. The highest BCUT2D eigenvalue weighted by Crippen LogP contribution is 2.19. The third-order valence-electron chi connectivity index (χ3n) is 5.12. The third-order valence-corrected chi connectivity index (χ3v) is 6.06. The molecule has 178 valence electrons. The van der Waals surface area contributed by atoms with Crippen LogP contribution in [0.1, 0.15) is 27.3 Å². The molecule has 0 saturated carbocycles. The summed E-state index contributed by atoms with van der Waals surface area (Å²) >= 11 is 1.09. The fraction of sp³-hybridized carbons (Fsp3) is 0.120. The molecule has 1 heterocycles. The maximum absolute atomic E-state index is 13.9. The summed E-state index contributed by atoms with van der Waals surface area (Å²) in [7, 11) is 0. The standard InChI is InChI=1S/C25H23FN6O2S/c26-20-12-6-4-10-18(20)14-22-30-31-25(32(22)27)35-16-23(33)29-21-13-7-5-11-19(21)24(34)28-15-17-8-2-1-3-9-17/h1-13H,14-16,27H2,(H,28,34)(H,29,33). The molecular weight excluding hydrogens is 467 g/mol. The van der Waals surface area contributed by atoms with E-state index in [-0.39, 0.29) is 29.8 Å². The molecule has 0 saturated heterocycles. The van der Waals surface area contributed by atoms with Gasteiger partial charge in [0.25, 0.3) is 5.91 Å². The molecular formula is C25H23FN6O2S. The minimum absolute atomic E-state index is 0.00496. The van der Waals surface area contributed by atoms with Crippen LogP contribution in [0, 0.1) is 5.82 Å². The van der Waals surface area contributed by atoms with Gasteiger partial charge in [-0.15, -0.1) is 10.2 Å². The van der Waals surface area contributed by atoms with Crippen molar-refractivity contribution in [2.24, 2.45) is 0 Å². The SMILES string of the molecule is Nn1c(Cc2ccccc2F)nnc1SCC(=O)Nc1ccccc1C(=O)NCc1ccccc1. The lowest BCUT2D eigenvalue weighted by Crippen LogP contribution is -2.25. The molecule has 2 amide bonds. The van der Waals surface area contributed by atoms with E-state index in [0.717, 1.165) is 17.3 Å². The molecule has 1 aromatic heterocycles. The molecule has 0 aliphatic heterocycles. The van der Waals surface area contributed by atoms with Crippen LogP contribution in [0.2, 0.25) is 0 Å². The molecule has 0 unspecified atom stereocenters. The molecule has 4 aromatic rings. The van der Waals surface area contributed by atoms with Crippen LogP contribution >= 0.6 is 11.8 Å². The normalized spacial score (nSPS) is 10.7. The van der Waals surface area contributed by atoms with E-state index < -0.39 is 0 Å². The summed E-state index contributed by atoms with van der Waals surface area (Å²) in [5.41, 5.74) is 2.18. The second-order valence-electron chi connectivity index (χ2n) is 7.59. The van der Waals surface area contributed by atoms with Crippen molar-refractivity contribution in [3.8, 4) is 0 Å². The van der Waals surface area contributed by atoms with Gasteiger partial charge in [0.2, 0.25) is 11.1 Å². The first-order chi connectivity index (χ1) is 17.0. The number of nitrogens with zero attached hydrogens (tertiary/aromatic N) is 3. The predicted molar refractivity (Wildman–Crippen MR) is 133 cm³/mol. The van der Waals surface area contributed by atoms with E-state index >= 15 is 0 Å². The summed E-state index contributed by atoms with van der Waals surface area (Å²) in [6, 6.07) is 22.7. The highest BCUT2D eigenvalue weighted by Gasteiger charge is 2.16. The second kappa shape index (κ2) is 11.3. The van der Waals surface area contributed by atoms with Gasteiger partial charge in [-0.2, -0.15) is 0 Å². The average Bonchev–Trinajstić information content (AvgIpc) is 3.22. The van der Waals surface area contributed by atoms with Crippen LogP contribution in [0.4, 0.5) is 10.1 Å². The number of amides is 2. The van der Waals surface area contributed by atoms with Crippen molar-refractivity contribution < 1.29 is 14.0 Å². The quantitative estimate of drug-likeness (QED) is 0.245. The van der Waals surface area contributed by atoms with E-state index in [1.165, 1.54) is 10.7 Å². The zero-order chi connectivity index (χ0) is 24.6. The fourth-order valence-corrected chi connectivity index (χ4v) is 3.99. The van der Waals surface area contributed by atoms with E-state index in [4.69, 9.17) is 5.84 Å². The lowest BCUT2D eigenvalue weighted by atomic mass is 10.1. The number of hydrogen-bond acceptors (Lipinski definition) is 6. The monoisotopic (exact) mass is 490 g/mol. The fourth-order valence-electron chi connectivity index (χ4n) is 3.32. The van der Waals surface area contributed by atoms with Crippen LogP contribution in [0.3, 0.4) is 0 Å². The van der Waals surface area contributed by atoms with Crippen LogP contribution in [0.5, 0.6) is 0 Å². The molecule has 4 N–H and O–H groups in total. The Hall–Kier alpha value is -4.18. The van der Waals surface area contributed by atoms with E-state index in [9.17, 15) is 14.0 Å². The Kier molecular flexibility index (Phi) is 7.74. The first kappa shape index (κ1) is 24.0. The molecule has 0 aliphatic carbocycles. The molecule has 3 aromatic carbocycles. The molecule has 0 fully saturated rings. The lowest BCUT2D eigenvalue weighted by Gasteiger charge is -2.11. The number of nitrogens with two attached hydrogens (primary N) is 1. The van der Waals surface area contributed by atoms with E-state index in [0.29, 0.717) is 34.3 Å². The highest BCUT2D eigenvalue weighted by molar-refractivity contribution is 7.99. The Labute approximate surface area is 205 Å². The summed E-state index contributed by atoms with van der Waals surface area (Å²) in [6.45, 7) is 0.374. The topological polar surface area (TPSA) is 115 Å². The number of aromatic nitrogens is 3. The summed E-state index contributed by atoms with van der Waals surface area (Å²) in [5, 5.41) is 14.0. The molecule has 0 spiro atoms. The lowest BCUT2D eigenvalue weighted by molar-refractivity contribution is -0.113. The van der Waals surface area contributed by atoms with Crippen LogP contribution < -0.4 is 16.5 Å². The zero-order valence-electron chi connectivity index (χ0n) is 18.6. The van der Waals surface area contributed by atoms with Gasteiger partial charge in [0, 0.05) is 13.0 Å². The Morgan fingerprint density at radius 2 is 1.66 bits per heavy atom. The van der Waals surface area contributed by atoms with E-state index in [1.807, 2.05) is 30.3 Å². The van der Waals surface area contributed by atoms with Crippen molar-refractivity contribution >= 4 is 29.3 Å². The van der Waals surface area contributed by atoms with Crippen molar-refractivity contribution in [1.82, 2.24) is 20.2 Å².